The Bertz CT molecular complexity index is 1470. The lowest BCUT2D eigenvalue weighted by Gasteiger charge is -2.21. The minimum absolute atomic E-state index is 0.130. The minimum Gasteiger partial charge on any atom is -0.455 e. The van der Waals surface area contributed by atoms with Crippen molar-refractivity contribution in [3.05, 3.63) is 108 Å². The number of carbonyl (C=O) groups is 1. The van der Waals surface area contributed by atoms with Gasteiger partial charge >= 0.3 is 6.03 Å². The predicted octanol–water partition coefficient (Wildman–Crippen LogP) is 6.17. The van der Waals surface area contributed by atoms with E-state index in [9.17, 15) is 4.79 Å². The Morgan fingerprint density at radius 3 is 2.41 bits per heavy atom. The Balaban J connectivity index is 1.42. The van der Waals surface area contributed by atoms with Gasteiger partial charge in [-0.15, -0.1) is 0 Å². The van der Waals surface area contributed by atoms with E-state index in [0.29, 0.717) is 17.4 Å². The van der Waals surface area contributed by atoms with E-state index < -0.39 is 0 Å². The van der Waals surface area contributed by atoms with Crippen LogP contribution in [0.5, 0.6) is 11.5 Å². The third-order valence-corrected chi connectivity index (χ3v) is 6.94. The molecule has 1 heterocycles. The Labute approximate surface area is 228 Å². The largest absolute Gasteiger partial charge is 0.455 e. The van der Waals surface area contributed by atoms with E-state index in [-0.39, 0.29) is 12.2 Å². The third-order valence-electron chi connectivity index (χ3n) is 6.94. The van der Waals surface area contributed by atoms with Crippen LogP contribution in [0.3, 0.4) is 0 Å². The summed E-state index contributed by atoms with van der Waals surface area (Å²) in [5.74, 6) is 2.02. The van der Waals surface area contributed by atoms with E-state index in [1.807, 2.05) is 79.7 Å². The number of ether oxygens (including phenoxy) is 1. The maximum Gasteiger partial charge on any atom is 0.323 e. The quantitative estimate of drug-likeness (QED) is 0.166. The Morgan fingerprint density at radius 2 is 1.64 bits per heavy atom. The van der Waals surface area contributed by atoms with Crippen LogP contribution >= 0.6 is 0 Å². The number of benzene rings is 4. The Kier molecular flexibility index (Phi) is 7.25. The first-order valence-electron chi connectivity index (χ1n) is 13.3. The lowest BCUT2D eigenvalue weighted by atomic mass is 9.94. The molecule has 1 aliphatic heterocycles. The van der Waals surface area contributed by atoms with Gasteiger partial charge in [0.15, 0.2) is 5.75 Å². The van der Waals surface area contributed by atoms with Crippen molar-refractivity contribution in [1.82, 2.24) is 21.9 Å². The number of para-hydroxylation sites is 1. The molecule has 1 saturated carbocycles. The maximum absolute atomic E-state index is 13.3. The molecule has 2 aliphatic rings. The van der Waals surface area contributed by atoms with Crippen molar-refractivity contribution < 1.29 is 9.53 Å². The second kappa shape index (κ2) is 11.3. The van der Waals surface area contributed by atoms with Crippen molar-refractivity contribution in [2.45, 2.75) is 32.4 Å². The van der Waals surface area contributed by atoms with Gasteiger partial charge in [0.05, 0.1) is 5.69 Å². The van der Waals surface area contributed by atoms with Gasteiger partial charge in [0.1, 0.15) is 11.9 Å². The van der Waals surface area contributed by atoms with Crippen LogP contribution in [0, 0.1) is 12.8 Å². The van der Waals surface area contributed by atoms with Crippen molar-refractivity contribution in [2.24, 2.45) is 5.92 Å². The molecule has 8 nitrogen and oxygen atoms in total. The van der Waals surface area contributed by atoms with Crippen molar-refractivity contribution in [3.8, 4) is 22.6 Å². The fraction of sp³-hybridized carbons (Fsp3) is 0.194. The lowest BCUT2D eigenvalue weighted by molar-refractivity contribution is 0.262. The zero-order chi connectivity index (χ0) is 26.6. The molecule has 6 N–H and O–H groups in total. The molecule has 4 aromatic rings. The summed E-state index contributed by atoms with van der Waals surface area (Å²) in [4.78, 5) is 13.3. The van der Waals surface area contributed by atoms with Gasteiger partial charge in [-0.2, -0.15) is 11.1 Å². The van der Waals surface area contributed by atoms with E-state index in [1.165, 1.54) is 12.8 Å². The van der Waals surface area contributed by atoms with E-state index in [4.69, 9.17) is 4.74 Å². The van der Waals surface area contributed by atoms with Gasteiger partial charge in [-0.1, -0.05) is 54.6 Å². The molecular formula is C31H32N6O2. The maximum atomic E-state index is 13.3. The summed E-state index contributed by atoms with van der Waals surface area (Å²) in [6, 6.07) is 29.6. The smallest absolute Gasteiger partial charge is 0.323 e. The van der Waals surface area contributed by atoms with Crippen LogP contribution in [0.25, 0.3) is 11.1 Å². The molecule has 198 valence electrons. The number of rotatable bonds is 8. The average Bonchev–Trinajstić information content (AvgIpc) is 3.59. The van der Waals surface area contributed by atoms with Gasteiger partial charge < -0.3 is 15.4 Å². The topological polar surface area (TPSA) is 98.5 Å². The second-order valence-corrected chi connectivity index (χ2v) is 10.1. The van der Waals surface area contributed by atoms with Gasteiger partial charge in [0, 0.05) is 5.69 Å². The molecule has 0 spiro atoms. The fourth-order valence-corrected chi connectivity index (χ4v) is 4.88. The second-order valence-electron chi connectivity index (χ2n) is 10.1. The molecule has 0 atom stereocenters. The molecule has 2 amide bonds. The van der Waals surface area contributed by atoms with Crippen LogP contribution < -0.4 is 37.3 Å². The van der Waals surface area contributed by atoms with Gasteiger partial charge in [-0.05, 0) is 96.3 Å². The van der Waals surface area contributed by atoms with Crippen LogP contribution in [0.4, 0.5) is 16.2 Å². The summed E-state index contributed by atoms with van der Waals surface area (Å²) in [5.41, 5.74) is 18.8. The summed E-state index contributed by atoms with van der Waals surface area (Å²) in [5, 5.41) is 6.07. The summed E-state index contributed by atoms with van der Waals surface area (Å²) >= 11 is 0. The Hall–Kier alpha value is -4.21. The average molecular weight is 521 g/mol. The number of hydrogen-bond acceptors (Lipinski definition) is 6. The first-order valence-corrected chi connectivity index (χ1v) is 13.3. The standard InChI is InChI=1S/C31H32N6O2/c1-20-8-7-9-24(16-20)32-31(38)33-28-19-22(26-12-5-6-13-27(26)30-34-36-37-35-30)18-23(17-21-14-15-21)29(28)39-25-10-3-2-4-11-25/h2-13,16,18-19,21,30,34-37H,14-15,17H2,1H3,(H2,32,33,38). The molecule has 0 aromatic heterocycles. The predicted molar refractivity (Wildman–Crippen MR) is 154 cm³/mol. The molecule has 8 heteroatoms. The van der Waals surface area contributed by atoms with E-state index >= 15 is 0 Å². The third kappa shape index (κ3) is 6.10. The van der Waals surface area contributed by atoms with Crippen molar-refractivity contribution in [2.75, 3.05) is 10.6 Å². The zero-order valence-electron chi connectivity index (χ0n) is 21.8. The minimum atomic E-state index is -0.325. The first kappa shape index (κ1) is 25.1. The number of hydrazine groups is 3. The number of aryl methyl sites for hydroxylation is 1. The Morgan fingerprint density at radius 1 is 0.872 bits per heavy atom. The van der Waals surface area contributed by atoms with E-state index in [2.05, 4.69) is 50.8 Å². The summed E-state index contributed by atoms with van der Waals surface area (Å²) < 4.78 is 6.47. The summed E-state index contributed by atoms with van der Waals surface area (Å²) in [6.07, 6.45) is 3.16. The highest BCUT2D eigenvalue weighted by molar-refractivity contribution is 6.01. The number of hydrogen-bond donors (Lipinski definition) is 6. The highest BCUT2D eigenvalue weighted by atomic mass is 16.5. The van der Waals surface area contributed by atoms with Gasteiger partial charge in [-0.25, -0.2) is 15.6 Å². The first-order chi connectivity index (χ1) is 19.1. The number of urea groups is 1. The van der Waals surface area contributed by atoms with Crippen molar-refractivity contribution in [1.29, 1.82) is 0 Å². The number of amides is 2. The summed E-state index contributed by atoms with van der Waals surface area (Å²) in [7, 11) is 0. The summed E-state index contributed by atoms with van der Waals surface area (Å²) in [6.45, 7) is 2.00. The number of anilines is 2. The van der Waals surface area contributed by atoms with Crippen LogP contribution in [0.2, 0.25) is 0 Å². The SMILES string of the molecule is Cc1cccc(NC(=O)Nc2cc(-c3ccccc3C3NNNN3)cc(CC3CC3)c2Oc2ccccc2)c1. The fourth-order valence-electron chi connectivity index (χ4n) is 4.88. The number of nitrogens with one attached hydrogen (secondary N) is 6. The molecule has 1 aliphatic carbocycles. The van der Waals surface area contributed by atoms with E-state index in [0.717, 1.165) is 45.7 Å². The van der Waals surface area contributed by atoms with Crippen LogP contribution in [-0.4, -0.2) is 6.03 Å². The highest BCUT2D eigenvalue weighted by Gasteiger charge is 2.27. The molecule has 6 rings (SSSR count). The van der Waals surface area contributed by atoms with Gasteiger partial charge in [-0.3, -0.25) is 0 Å². The number of carbonyl (C=O) groups excluding carboxylic acids is 1. The van der Waals surface area contributed by atoms with E-state index in [1.54, 1.807) is 0 Å². The molecule has 4 aromatic carbocycles. The van der Waals surface area contributed by atoms with Crippen molar-refractivity contribution in [3.63, 3.8) is 0 Å². The van der Waals surface area contributed by atoms with Crippen LogP contribution in [-0.2, 0) is 6.42 Å². The normalized spacial score (nSPS) is 15.2. The monoisotopic (exact) mass is 520 g/mol. The van der Waals surface area contributed by atoms with Crippen LogP contribution in [0.15, 0.2) is 91.0 Å². The highest BCUT2D eigenvalue weighted by Crippen LogP contribution is 2.43. The molecule has 0 radical (unpaired) electrons. The molecular weight excluding hydrogens is 488 g/mol. The molecule has 0 bridgehead atoms. The van der Waals surface area contributed by atoms with Gasteiger partial charge in [0.25, 0.3) is 0 Å². The zero-order valence-corrected chi connectivity index (χ0v) is 21.8. The molecule has 2 fully saturated rings. The van der Waals surface area contributed by atoms with Crippen molar-refractivity contribution >= 4 is 17.4 Å². The van der Waals surface area contributed by atoms with Gasteiger partial charge in [0.2, 0.25) is 0 Å². The molecule has 0 unspecified atom stereocenters. The lowest BCUT2D eigenvalue weighted by Crippen LogP contribution is -2.33. The molecule has 1 saturated heterocycles. The van der Waals surface area contributed by atoms with Crippen LogP contribution in [0.1, 0.15) is 35.7 Å². The molecule has 39 heavy (non-hydrogen) atoms.